The Labute approximate surface area is 112 Å². The molecular weight excluding hydrogens is 242 g/mol. The third-order valence-corrected chi connectivity index (χ3v) is 3.60. The summed E-state index contributed by atoms with van der Waals surface area (Å²) in [6, 6.07) is 3.90. The third kappa shape index (κ3) is 2.48. The molecule has 3 heterocycles. The number of aliphatic hydroxyl groups is 1. The average Bonchev–Trinajstić information content (AvgIpc) is 2.85. The first kappa shape index (κ1) is 12.6. The normalized spacial score (nSPS) is 19.9. The van der Waals surface area contributed by atoms with Crippen molar-refractivity contribution in [2.75, 3.05) is 19.8 Å². The van der Waals surface area contributed by atoms with Gasteiger partial charge in [0.2, 0.25) is 0 Å². The van der Waals surface area contributed by atoms with Crippen molar-refractivity contribution in [1.29, 1.82) is 0 Å². The van der Waals surface area contributed by atoms with Crippen LogP contribution < -0.4 is 0 Å². The second-order valence-electron chi connectivity index (χ2n) is 4.96. The zero-order valence-corrected chi connectivity index (χ0v) is 11.0. The first-order valence-electron chi connectivity index (χ1n) is 6.90. The highest BCUT2D eigenvalue weighted by molar-refractivity contribution is 5.71. The van der Waals surface area contributed by atoms with Crippen molar-refractivity contribution in [1.82, 2.24) is 14.5 Å². The maximum atomic E-state index is 9.06. The van der Waals surface area contributed by atoms with Crippen molar-refractivity contribution in [3.05, 3.63) is 24.2 Å². The average molecular weight is 261 g/mol. The fourth-order valence-corrected chi connectivity index (χ4v) is 2.68. The van der Waals surface area contributed by atoms with Gasteiger partial charge in [0.1, 0.15) is 11.3 Å². The molecule has 2 aromatic rings. The summed E-state index contributed by atoms with van der Waals surface area (Å²) in [5.74, 6) is 1.41. The van der Waals surface area contributed by atoms with Crippen LogP contribution in [0.2, 0.25) is 0 Å². The highest BCUT2D eigenvalue weighted by Crippen LogP contribution is 2.27. The second kappa shape index (κ2) is 5.67. The lowest BCUT2D eigenvalue weighted by Gasteiger charge is -2.22. The van der Waals surface area contributed by atoms with E-state index in [-0.39, 0.29) is 6.61 Å². The molecule has 1 N–H and O–H groups in total. The van der Waals surface area contributed by atoms with Crippen LogP contribution in [0.4, 0.5) is 0 Å². The Morgan fingerprint density at radius 1 is 1.47 bits per heavy atom. The van der Waals surface area contributed by atoms with Gasteiger partial charge < -0.3 is 14.4 Å². The maximum absolute atomic E-state index is 9.06. The highest BCUT2D eigenvalue weighted by Gasteiger charge is 2.23. The number of imidazole rings is 1. The van der Waals surface area contributed by atoms with Gasteiger partial charge in [-0.05, 0) is 31.4 Å². The third-order valence-electron chi connectivity index (χ3n) is 3.60. The zero-order valence-electron chi connectivity index (χ0n) is 11.0. The van der Waals surface area contributed by atoms with E-state index in [2.05, 4.69) is 9.55 Å². The molecule has 1 aliphatic heterocycles. The minimum Gasteiger partial charge on any atom is -0.396 e. The highest BCUT2D eigenvalue weighted by atomic mass is 16.5. The molecule has 0 saturated carbocycles. The molecule has 1 unspecified atom stereocenters. The second-order valence-corrected chi connectivity index (χ2v) is 4.96. The van der Waals surface area contributed by atoms with Gasteiger partial charge in [0.25, 0.3) is 0 Å². The lowest BCUT2D eigenvalue weighted by Crippen LogP contribution is -2.20. The van der Waals surface area contributed by atoms with Crippen LogP contribution in [-0.4, -0.2) is 39.5 Å². The molecule has 5 nitrogen and oxygen atoms in total. The van der Waals surface area contributed by atoms with Gasteiger partial charge in [0, 0.05) is 31.9 Å². The topological polar surface area (TPSA) is 60.2 Å². The quantitative estimate of drug-likeness (QED) is 0.910. The number of aliphatic hydroxyl groups excluding tert-OH is 1. The Morgan fingerprint density at radius 3 is 3.21 bits per heavy atom. The molecule has 1 aliphatic rings. The molecule has 2 aromatic heterocycles. The van der Waals surface area contributed by atoms with Crippen molar-refractivity contribution < 1.29 is 9.84 Å². The summed E-state index contributed by atoms with van der Waals surface area (Å²) in [6.45, 7) is 2.54. The molecule has 19 heavy (non-hydrogen) atoms. The van der Waals surface area contributed by atoms with E-state index in [1.807, 2.05) is 12.1 Å². The summed E-state index contributed by atoms with van der Waals surface area (Å²) >= 11 is 0. The summed E-state index contributed by atoms with van der Waals surface area (Å²) < 4.78 is 7.71. The number of rotatable bonds is 4. The van der Waals surface area contributed by atoms with Crippen LogP contribution in [0.5, 0.6) is 0 Å². The van der Waals surface area contributed by atoms with E-state index >= 15 is 0 Å². The van der Waals surface area contributed by atoms with Gasteiger partial charge in [0.05, 0.1) is 6.61 Å². The number of ether oxygens (including phenoxy) is 1. The SMILES string of the molecule is OCCCn1c(C2CCCOC2)nc2cccnc21. The van der Waals surface area contributed by atoms with Gasteiger partial charge in [0.15, 0.2) is 5.65 Å². The first-order chi connectivity index (χ1) is 9.40. The lowest BCUT2D eigenvalue weighted by atomic mass is 10.0. The molecular formula is C14H19N3O2. The Kier molecular flexibility index (Phi) is 3.75. The van der Waals surface area contributed by atoms with Crippen LogP contribution >= 0.6 is 0 Å². The zero-order chi connectivity index (χ0) is 13.1. The van der Waals surface area contributed by atoms with E-state index in [4.69, 9.17) is 14.8 Å². The predicted octanol–water partition coefficient (Wildman–Crippen LogP) is 1.71. The van der Waals surface area contributed by atoms with Crippen LogP contribution in [0.3, 0.4) is 0 Å². The van der Waals surface area contributed by atoms with E-state index in [0.717, 1.165) is 56.0 Å². The van der Waals surface area contributed by atoms with Gasteiger partial charge >= 0.3 is 0 Å². The van der Waals surface area contributed by atoms with Crippen molar-refractivity contribution in [3.63, 3.8) is 0 Å². The first-order valence-corrected chi connectivity index (χ1v) is 6.90. The van der Waals surface area contributed by atoms with Crippen LogP contribution in [0.25, 0.3) is 11.2 Å². The molecule has 1 fully saturated rings. The minimum absolute atomic E-state index is 0.188. The summed E-state index contributed by atoms with van der Waals surface area (Å²) in [6.07, 6.45) is 4.72. The molecule has 0 bridgehead atoms. The van der Waals surface area contributed by atoms with E-state index in [0.29, 0.717) is 5.92 Å². The molecule has 0 aromatic carbocycles. The van der Waals surface area contributed by atoms with Gasteiger partial charge in [-0.25, -0.2) is 9.97 Å². The van der Waals surface area contributed by atoms with Crippen molar-refractivity contribution in [2.45, 2.75) is 31.7 Å². The van der Waals surface area contributed by atoms with Crippen molar-refractivity contribution in [2.24, 2.45) is 0 Å². The molecule has 0 aliphatic carbocycles. The summed E-state index contributed by atoms with van der Waals surface area (Å²) in [7, 11) is 0. The van der Waals surface area contributed by atoms with Crippen LogP contribution in [0.1, 0.15) is 31.0 Å². The Hall–Kier alpha value is -1.46. The van der Waals surface area contributed by atoms with E-state index in [9.17, 15) is 0 Å². The Bertz CT molecular complexity index is 547. The molecule has 5 heteroatoms. The molecule has 0 radical (unpaired) electrons. The maximum Gasteiger partial charge on any atom is 0.159 e. The molecule has 0 spiro atoms. The van der Waals surface area contributed by atoms with E-state index in [1.54, 1.807) is 6.20 Å². The lowest BCUT2D eigenvalue weighted by molar-refractivity contribution is 0.0770. The minimum atomic E-state index is 0.188. The number of aryl methyl sites for hydroxylation is 1. The van der Waals surface area contributed by atoms with Gasteiger partial charge in [-0.3, -0.25) is 0 Å². The van der Waals surface area contributed by atoms with Crippen molar-refractivity contribution in [3.8, 4) is 0 Å². The van der Waals surface area contributed by atoms with Gasteiger partial charge in [-0.1, -0.05) is 0 Å². The number of fused-ring (bicyclic) bond motifs is 1. The van der Waals surface area contributed by atoms with Crippen molar-refractivity contribution >= 4 is 11.2 Å². The van der Waals surface area contributed by atoms with Crippen LogP contribution in [-0.2, 0) is 11.3 Å². The molecule has 102 valence electrons. The monoisotopic (exact) mass is 261 g/mol. The molecule has 0 amide bonds. The molecule has 3 rings (SSSR count). The van der Waals surface area contributed by atoms with Crippen LogP contribution in [0, 0.1) is 0 Å². The van der Waals surface area contributed by atoms with E-state index < -0.39 is 0 Å². The molecule has 1 atom stereocenters. The largest absolute Gasteiger partial charge is 0.396 e. The van der Waals surface area contributed by atoms with Crippen LogP contribution in [0.15, 0.2) is 18.3 Å². The van der Waals surface area contributed by atoms with Gasteiger partial charge in [-0.2, -0.15) is 0 Å². The standard InChI is InChI=1S/C14H19N3O2/c18-8-3-7-17-13(11-4-2-9-19-10-11)16-12-5-1-6-15-14(12)17/h1,5-6,11,18H,2-4,7-10H2. The fraction of sp³-hybridized carbons (Fsp3) is 0.571. The number of hydrogen-bond donors (Lipinski definition) is 1. The summed E-state index contributed by atoms with van der Waals surface area (Å²) in [5.41, 5.74) is 1.84. The van der Waals surface area contributed by atoms with E-state index in [1.165, 1.54) is 0 Å². The summed E-state index contributed by atoms with van der Waals surface area (Å²) in [5, 5.41) is 9.06. The number of aromatic nitrogens is 3. The smallest absolute Gasteiger partial charge is 0.159 e. The number of pyridine rings is 1. The Balaban J connectivity index is 2.00. The Morgan fingerprint density at radius 2 is 2.42 bits per heavy atom. The van der Waals surface area contributed by atoms with Gasteiger partial charge in [-0.15, -0.1) is 0 Å². The number of hydrogen-bond acceptors (Lipinski definition) is 4. The molecule has 1 saturated heterocycles. The summed E-state index contributed by atoms with van der Waals surface area (Å²) in [4.78, 5) is 9.16. The number of nitrogens with zero attached hydrogens (tertiary/aromatic N) is 3. The fourth-order valence-electron chi connectivity index (χ4n) is 2.68. The predicted molar refractivity (Wildman–Crippen MR) is 72.0 cm³/mol.